The molecule has 0 aromatic rings. The first-order chi connectivity index (χ1) is 13.2. The third-order valence-electron chi connectivity index (χ3n) is 7.93. The van der Waals surface area contributed by atoms with Crippen molar-refractivity contribution in [3.05, 3.63) is 0 Å². The molecule has 5 fully saturated rings. The van der Waals surface area contributed by atoms with Gasteiger partial charge in [0.25, 0.3) is 0 Å². The van der Waals surface area contributed by atoms with Crippen molar-refractivity contribution >= 4 is 11.9 Å². The molecule has 5 aliphatic carbocycles. The predicted octanol–water partition coefficient (Wildman–Crippen LogP) is 3.32. The molecular weight excluding hydrogens is 406 g/mol. The lowest BCUT2D eigenvalue weighted by Gasteiger charge is -2.65. The summed E-state index contributed by atoms with van der Waals surface area (Å²) < 4.78 is 87.7. The summed E-state index contributed by atoms with van der Waals surface area (Å²) in [6.45, 7) is 0. The van der Waals surface area contributed by atoms with Gasteiger partial charge in [0.05, 0.1) is 0 Å². The molecule has 10 heteroatoms. The molecule has 2 unspecified atom stereocenters. The molecule has 0 N–H and O–H groups in total. The van der Waals surface area contributed by atoms with Crippen molar-refractivity contribution in [2.24, 2.45) is 23.2 Å². The number of halogens is 6. The van der Waals surface area contributed by atoms with Gasteiger partial charge in [-0.05, 0) is 68.1 Å². The highest BCUT2D eigenvalue weighted by Gasteiger charge is 2.67. The van der Waals surface area contributed by atoms with Gasteiger partial charge in [0.2, 0.25) is 0 Å². The van der Waals surface area contributed by atoms with Crippen molar-refractivity contribution in [3.8, 4) is 0 Å². The summed E-state index contributed by atoms with van der Waals surface area (Å²) in [4.78, 5) is 22.3. The molecule has 5 saturated carbocycles. The fourth-order valence-electron chi connectivity index (χ4n) is 6.67. The molecule has 29 heavy (non-hydrogen) atoms. The Labute approximate surface area is 163 Å². The fraction of sp³-hybridized carbons (Fsp3) is 0.895. The lowest BCUT2D eigenvalue weighted by Crippen LogP contribution is -2.62. The first-order valence-electron chi connectivity index (χ1n) is 9.81. The Bertz CT molecular complexity index is 700. The molecule has 4 nitrogen and oxygen atoms in total. The Morgan fingerprint density at radius 3 is 1.79 bits per heavy atom. The number of hydrogen-bond donors (Lipinski definition) is 0. The zero-order valence-electron chi connectivity index (χ0n) is 15.5. The normalized spacial score (nSPS) is 39.2. The van der Waals surface area contributed by atoms with Crippen molar-refractivity contribution in [1.82, 2.24) is 0 Å². The standard InChI is InChI=1S/C19H22F6O4/c20-17(21)3-1-16(2-4-18(17,22)23)11-5-10-6-12(16)9-15(7-10,8-11)29-14(28)19(24,25)13(26)27/h10-12H,1-9H2,(H,26,27)/p-1. The second-order valence-corrected chi connectivity index (χ2v) is 9.42. The molecule has 0 radical (unpaired) electrons. The van der Waals surface area contributed by atoms with Crippen LogP contribution in [0.15, 0.2) is 0 Å². The van der Waals surface area contributed by atoms with Gasteiger partial charge in [-0.15, -0.1) is 0 Å². The van der Waals surface area contributed by atoms with Crippen LogP contribution in [-0.4, -0.2) is 35.3 Å². The smallest absolute Gasteiger partial charge is 0.383 e. The quantitative estimate of drug-likeness (QED) is 0.394. The minimum Gasteiger partial charge on any atom is -0.543 e. The number of carbonyl (C=O) groups is 2. The number of carboxylic acids is 1. The van der Waals surface area contributed by atoms with Crippen LogP contribution in [0.2, 0.25) is 0 Å². The number of esters is 1. The zero-order valence-corrected chi connectivity index (χ0v) is 15.5. The van der Waals surface area contributed by atoms with Crippen LogP contribution in [-0.2, 0) is 14.3 Å². The SMILES string of the molecule is O=C([O-])C(F)(F)C(=O)OC12CC3CC(C1)C1(CCC(F)(F)C(F)(F)CC1)C(C3)C2. The highest BCUT2D eigenvalue weighted by molar-refractivity contribution is 5.99. The van der Waals surface area contributed by atoms with Gasteiger partial charge in [-0.3, -0.25) is 0 Å². The molecule has 0 aromatic heterocycles. The molecule has 0 aliphatic heterocycles. The van der Waals surface area contributed by atoms with Crippen LogP contribution in [0, 0.1) is 23.2 Å². The summed E-state index contributed by atoms with van der Waals surface area (Å²) in [6, 6.07) is 0. The first-order valence-corrected chi connectivity index (χ1v) is 9.81. The van der Waals surface area contributed by atoms with Crippen LogP contribution in [0.4, 0.5) is 26.3 Å². The van der Waals surface area contributed by atoms with Crippen molar-refractivity contribution in [2.45, 2.75) is 81.2 Å². The van der Waals surface area contributed by atoms with E-state index in [4.69, 9.17) is 4.74 Å². The second kappa shape index (κ2) is 6.03. The first kappa shape index (κ1) is 20.8. The Hall–Kier alpha value is -1.48. The topological polar surface area (TPSA) is 66.4 Å². The maximum Gasteiger partial charge on any atom is 0.383 e. The van der Waals surface area contributed by atoms with Gasteiger partial charge < -0.3 is 14.6 Å². The maximum atomic E-state index is 13.9. The van der Waals surface area contributed by atoms with E-state index in [1.807, 2.05) is 0 Å². The molecule has 5 aliphatic rings. The lowest BCUT2D eigenvalue weighted by atomic mass is 9.42. The van der Waals surface area contributed by atoms with Crippen LogP contribution in [0.3, 0.4) is 0 Å². The maximum absolute atomic E-state index is 13.9. The monoisotopic (exact) mass is 427 g/mol. The van der Waals surface area contributed by atoms with Gasteiger partial charge in [-0.1, -0.05) is 0 Å². The fourth-order valence-corrected chi connectivity index (χ4v) is 6.67. The van der Waals surface area contributed by atoms with Gasteiger partial charge in [0.1, 0.15) is 11.6 Å². The zero-order chi connectivity index (χ0) is 21.5. The molecule has 1 spiro atoms. The molecule has 164 valence electrons. The number of carbonyl (C=O) groups excluding carboxylic acids is 2. The summed E-state index contributed by atoms with van der Waals surface area (Å²) in [5.74, 6) is -18.6. The molecule has 0 aromatic carbocycles. The Morgan fingerprint density at radius 2 is 1.34 bits per heavy atom. The molecular formula is C19H21F6O4-. The molecule has 0 saturated heterocycles. The number of aliphatic carboxylic acids is 1. The van der Waals surface area contributed by atoms with Crippen molar-refractivity contribution in [1.29, 1.82) is 0 Å². The third kappa shape index (κ3) is 2.95. The van der Waals surface area contributed by atoms with E-state index >= 15 is 0 Å². The number of carboxylic acid groups (broad SMARTS) is 1. The van der Waals surface area contributed by atoms with Crippen LogP contribution < -0.4 is 5.11 Å². The van der Waals surface area contributed by atoms with Gasteiger partial charge in [0.15, 0.2) is 0 Å². The van der Waals surface area contributed by atoms with Crippen LogP contribution >= 0.6 is 0 Å². The van der Waals surface area contributed by atoms with Crippen molar-refractivity contribution < 1.29 is 45.8 Å². The minimum atomic E-state index is -4.78. The van der Waals surface area contributed by atoms with Gasteiger partial charge >= 0.3 is 23.7 Å². The number of hydrogen-bond acceptors (Lipinski definition) is 4. The molecule has 2 atom stereocenters. The van der Waals surface area contributed by atoms with E-state index in [0.717, 1.165) is 0 Å². The van der Waals surface area contributed by atoms with E-state index in [9.17, 15) is 41.0 Å². The van der Waals surface area contributed by atoms with E-state index in [-0.39, 0.29) is 49.9 Å². The molecule has 0 amide bonds. The van der Waals surface area contributed by atoms with Crippen molar-refractivity contribution in [2.75, 3.05) is 0 Å². The summed E-state index contributed by atoms with van der Waals surface area (Å²) in [6.07, 6.45) is -0.378. The second-order valence-electron chi connectivity index (χ2n) is 9.42. The number of ether oxygens (including phenoxy) is 1. The van der Waals surface area contributed by atoms with Crippen molar-refractivity contribution in [3.63, 3.8) is 0 Å². The third-order valence-corrected chi connectivity index (χ3v) is 7.93. The molecule has 4 bridgehead atoms. The summed E-state index contributed by atoms with van der Waals surface area (Å²) in [5, 5.41) is 10.5. The van der Waals surface area contributed by atoms with E-state index in [1.54, 1.807) is 0 Å². The van der Waals surface area contributed by atoms with Gasteiger partial charge in [-0.2, -0.15) is 26.3 Å². The summed E-state index contributed by atoms with van der Waals surface area (Å²) in [7, 11) is 0. The highest BCUT2D eigenvalue weighted by Crippen LogP contribution is 2.69. The Kier molecular flexibility index (Phi) is 4.32. The van der Waals surface area contributed by atoms with Crippen LogP contribution in [0.5, 0.6) is 0 Å². The predicted molar refractivity (Wildman–Crippen MR) is 83.1 cm³/mol. The average molecular weight is 427 g/mol. The van der Waals surface area contributed by atoms with Crippen LogP contribution in [0.1, 0.15) is 57.8 Å². The van der Waals surface area contributed by atoms with Gasteiger partial charge in [-0.25, -0.2) is 4.79 Å². The van der Waals surface area contributed by atoms with E-state index in [2.05, 4.69) is 0 Å². The van der Waals surface area contributed by atoms with E-state index < -0.39 is 53.6 Å². The lowest BCUT2D eigenvalue weighted by molar-refractivity contribution is -0.329. The number of rotatable bonds is 3. The largest absolute Gasteiger partial charge is 0.543 e. The van der Waals surface area contributed by atoms with Crippen LogP contribution in [0.25, 0.3) is 0 Å². The van der Waals surface area contributed by atoms with E-state index in [1.165, 1.54) is 0 Å². The van der Waals surface area contributed by atoms with E-state index in [0.29, 0.717) is 12.8 Å². The Balaban J connectivity index is 1.58. The minimum absolute atomic E-state index is 0.00627. The average Bonchev–Trinajstić information content (AvgIpc) is 2.68. The Morgan fingerprint density at radius 1 is 0.862 bits per heavy atom. The highest BCUT2D eigenvalue weighted by atomic mass is 19.3. The van der Waals surface area contributed by atoms with Gasteiger partial charge in [0, 0.05) is 12.8 Å². The molecule has 5 rings (SSSR count). The summed E-state index contributed by atoms with van der Waals surface area (Å²) in [5.41, 5.74) is -2.05. The number of alkyl halides is 6. The molecule has 0 heterocycles. The summed E-state index contributed by atoms with van der Waals surface area (Å²) >= 11 is 0.